The van der Waals surface area contributed by atoms with Gasteiger partial charge >= 0.3 is 12.1 Å². The number of halogens is 5. The largest absolute Gasteiger partial charge is 0.490 e. The lowest BCUT2D eigenvalue weighted by molar-refractivity contribution is -0.192. The maximum absolute atomic E-state index is 13.0. The van der Waals surface area contributed by atoms with Gasteiger partial charge in [-0.3, -0.25) is 4.79 Å². The van der Waals surface area contributed by atoms with Crippen molar-refractivity contribution >= 4 is 40.4 Å². The van der Waals surface area contributed by atoms with E-state index in [1.165, 1.54) is 15.3 Å². The number of alkyl halides is 5. The number of aliphatic carboxylic acids is 1. The van der Waals surface area contributed by atoms with E-state index < -0.39 is 24.5 Å². The van der Waals surface area contributed by atoms with Gasteiger partial charge in [-0.05, 0) is 25.1 Å². The molecular weight excluding hydrogens is 487 g/mol. The minimum absolute atomic E-state index is 0.128. The second-order valence-corrected chi connectivity index (χ2v) is 7.75. The Balaban J connectivity index is 0.000000406. The van der Waals surface area contributed by atoms with Crippen LogP contribution in [0.2, 0.25) is 0 Å². The Morgan fingerprint density at radius 3 is 2.59 bits per heavy atom. The number of hydrogen-bond acceptors (Lipinski definition) is 7. The smallest absolute Gasteiger partial charge is 0.475 e. The number of fused-ring (bicyclic) bond motifs is 1. The summed E-state index contributed by atoms with van der Waals surface area (Å²) in [7, 11) is 0. The third kappa shape index (κ3) is 6.17. The Morgan fingerprint density at radius 2 is 1.91 bits per heavy atom. The normalized spacial score (nSPS) is 14.5. The highest BCUT2D eigenvalue weighted by molar-refractivity contribution is 7.08. The molecule has 0 atom stereocenters. The molecule has 1 fully saturated rings. The number of rotatable bonds is 4. The number of nitrogens with one attached hydrogen (secondary N) is 2. The first kappa shape index (κ1) is 25.3. The molecule has 3 N–H and O–H groups in total. The van der Waals surface area contributed by atoms with E-state index in [4.69, 9.17) is 9.90 Å². The second-order valence-electron chi connectivity index (χ2n) is 7.00. The van der Waals surface area contributed by atoms with Crippen molar-refractivity contribution < 1.29 is 36.6 Å². The van der Waals surface area contributed by atoms with Gasteiger partial charge in [0.25, 0.3) is 12.3 Å². The van der Waals surface area contributed by atoms with Crippen molar-refractivity contribution in [1.29, 1.82) is 0 Å². The number of amides is 1. The van der Waals surface area contributed by atoms with Gasteiger partial charge in [0.1, 0.15) is 5.69 Å². The van der Waals surface area contributed by atoms with Crippen LogP contribution in [0.15, 0.2) is 29.1 Å². The SMILES string of the molecule is O=C(Nc1cscc1C(F)F)c1ccc2cnc(N3CCCNCC3)nn12.O=C(O)C(F)(F)F. The summed E-state index contributed by atoms with van der Waals surface area (Å²) in [4.78, 5) is 28.0. The number of carboxylic acids is 1. The lowest BCUT2D eigenvalue weighted by atomic mass is 10.3. The van der Waals surface area contributed by atoms with E-state index >= 15 is 0 Å². The number of thiophene rings is 1. The summed E-state index contributed by atoms with van der Waals surface area (Å²) < 4.78 is 59.3. The van der Waals surface area contributed by atoms with Gasteiger partial charge in [-0.15, -0.1) is 16.4 Å². The first-order valence-corrected chi connectivity index (χ1v) is 10.8. The zero-order valence-electron chi connectivity index (χ0n) is 17.4. The molecular formula is C19H19F5N6O3S. The van der Waals surface area contributed by atoms with Crippen LogP contribution in [0.5, 0.6) is 0 Å². The number of carbonyl (C=O) groups excluding carboxylic acids is 1. The standard InChI is InChI=1S/C17H18F2N6OS.C2HF3O2/c18-15(19)12-9-27-10-13(12)22-16(26)14-3-2-11-8-21-17(23-25(11)14)24-6-1-4-20-5-7-24;3-2(4,5)1(6)7/h2-3,8-10,15,20H,1,4-7H2,(H,22,26);(H,6,7). The van der Waals surface area contributed by atoms with E-state index in [1.54, 1.807) is 18.3 Å². The molecule has 1 amide bonds. The van der Waals surface area contributed by atoms with Gasteiger partial charge in [-0.1, -0.05) is 0 Å². The summed E-state index contributed by atoms with van der Waals surface area (Å²) in [5.41, 5.74) is 0.883. The molecule has 0 spiro atoms. The highest BCUT2D eigenvalue weighted by atomic mass is 32.1. The number of carbonyl (C=O) groups is 2. The summed E-state index contributed by atoms with van der Waals surface area (Å²) >= 11 is 1.12. The Kier molecular flexibility index (Phi) is 7.98. The Morgan fingerprint density at radius 1 is 1.18 bits per heavy atom. The predicted molar refractivity (Wildman–Crippen MR) is 114 cm³/mol. The van der Waals surface area contributed by atoms with Gasteiger partial charge in [-0.25, -0.2) is 23.1 Å². The number of carboxylic acid groups (broad SMARTS) is 1. The van der Waals surface area contributed by atoms with E-state index in [1.807, 2.05) is 0 Å². The van der Waals surface area contributed by atoms with Gasteiger partial charge in [0.15, 0.2) is 0 Å². The fraction of sp³-hybridized carbons (Fsp3) is 0.368. The molecule has 4 heterocycles. The van der Waals surface area contributed by atoms with Crippen molar-refractivity contribution in [3.05, 3.63) is 40.3 Å². The van der Waals surface area contributed by atoms with Crippen molar-refractivity contribution in [1.82, 2.24) is 19.9 Å². The molecule has 0 aliphatic carbocycles. The van der Waals surface area contributed by atoms with E-state index in [9.17, 15) is 26.7 Å². The van der Waals surface area contributed by atoms with Crippen LogP contribution in [0.25, 0.3) is 5.52 Å². The number of nitrogens with zero attached hydrogens (tertiary/aromatic N) is 4. The minimum Gasteiger partial charge on any atom is -0.475 e. The van der Waals surface area contributed by atoms with Crippen LogP contribution in [0, 0.1) is 0 Å². The first-order chi connectivity index (χ1) is 16.1. The molecule has 15 heteroatoms. The zero-order chi connectivity index (χ0) is 24.9. The van der Waals surface area contributed by atoms with Crippen LogP contribution in [0.4, 0.5) is 33.6 Å². The van der Waals surface area contributed by atoms with Crippen LogP contribution in [0.1, 0.15) is 28.9 Å². The topological polar surface area (TPSA) is 112 Å². The highest BCUT2D eigenvalue weighted by Gasteiger charge is 2.38. The molecule has 9 nitrogen and oxygen atoms in total. The van der Waals surface area contributed by atoms with Gasteiger partial charge in [-0.2, -0.15) is 13.2 Å². The molecule has 0 bridgehead atoms. The summed E-state index contributed by atoms with van der Waals surface area (Å²) in [5, 5.41) is 20.3. The van der Waals surface area contributed by atoms with E-state index in [0.717, 1.165) is 43.9 Å². The zero-order valence-corrected chi connectivity index (χ0v) is 18.2. The van der Waals surface area contributed by atoms with E-state index in [2.05, 4.69) is 25.6 Å². The third-order valence-electron chi connectivity index (χ3n) is 4.66. The molecule has 3 aromatic heterocycles. The summed E-state index contributed by atoms with van der Waals surface area (Å²) in [5.74, 6) is -2.70. The van der Waals surface area contributed by atoms with Crippen molar-refractivity contribution in [2.24, 2.45) is 0 Å². The molecule has 0 unspecified atom stereocenters. The molecule has 0 radical (unpaired) electrons. The fourth-order valence-corrected chi connectivity index (χ4v) is 3.79. The average Bonchev–Trinajstić information content (AvgIpc) is 3.32. The molecule has 4 rings (SSSR count). The minimum atomic E-state index is -5.08. The van der Waals surface area contributed by atoms with Gasteiger partial charge in [0, 0.05) is 30.4 Å². The quantitative estimate of drug-likeness (QED) is 0.465. The third-order valence-corrected chi connectivity index (χ3v) is 5.42. The first-order valence-electron chi connectivity index (χ1n) is 9.84. The van der Waals surface area contributed by atoms with Crippen molar-refractivity contribution in [2.45, 2.75) is 19.0 Å². The molecule has 1 saturated heterocycles. The molecule has 34 heavy (non-hydrogen) atoms. The van der Waals surface area contributed by atoms with Crippen molar-refractivity contribution in [3.8, 4) is 0 Å². The molecule has 0 saturated carbocycles. The maximum Gasteiger partial charge on any atom is 0.490 e. The summed E-state index contributed by atoms with van der Waals surface area (Å²) in [6.45, 7) is 3.40. The van der Waals surface area contributed by atoms with Gasteiger partial charge in [0.2, 0.25) is 5.95 Å². The van der Waals surface area contributed by atoms with Crippen LogP contribution < -0.4 is 15.5 Å². The van der Waals surface area contributed by atoms with Crippen LogP contribution >= 0.6 is 11.3 Å². The second kappa shape index (κ2) is 10.7. The summed E-state index contributed by atoms with van der Waals surface area (Å²) in [6.07, 6.45) is -5.08. The predicted octanol–water partition coefficient (Wildman–Crippen LogP) is 3.41. The average molecular weight is 506 g/mol. The molecule has 1 aliphatic heterocycles. The molecule has 3 aromatic rings. The van der Waals surface area contributed by atoms with Crippen molar-refractivity contribution in [3.63, 3.8) is 0 Å². The number of anilines is 2. The van der Waals surface area contributed by atoms with Gasteiger partial charge < -0.3 is 20.6 Å². The Hall–Kier alpha value is -3.33. The Bertz CT molecular complexity index is 1140. The van der Waals surface area contributed by atoms with E-state index in [0.29, 0.717) is 11.5 Å². The van der Waals surface area contributed by atoms with Crippen LogP contribution in [0.3, 0.4) is 0 Å². The molecule has 184 valence electrons. The number of hydrogen-bond donors (Lipinski definition) is 3. The van der Waals surface area contributed by atoms with E-state index in [-0.39, 0.29) is 16.9 Å². The fourth-order valence-electron chi connectivity index (χ4n) is 3.02. The lowest BCUT2D eigenvalue weighted by Crippen LogP contribution is -2.30. The lowest BCUT2D eigenvalue weighted by Gasteiger charge is -2.19. The molecule has 1 aliphatic rings. The number of aromatic nitrogens is 3. The van der Waals surface area contributed by atoms with Crippen LogP contribution in [-0.4, -0.2) is 63.9 Å². The highest BCUT2D eigenvalue weighted by Crippen LogP contribution is 2.30. The maximum atomic E-state index is 13.0. The Labute approximate surface area is 193 Å². The van der Waals surface area contributed by atoms with Crippen LogP contribution in [-0.2, 0) is 4.79 Å². The summed E-state index contributed by atoms with van der Waals surface area (Å²) in [6, 6.07) is 3.34. The monoisotopic (exact) mass is 506 g/mol. The van der Waals surface area contributed by atoms with Gasteiger partial charge in [0.05, 0.1) is 23.0 Å². The van der Waals surface area contributed by atoms with Crippen molar-refractivity contribution in [2.75, 3.05) is 36.4 Å². The molecule has 0 aromatic carbocycles.